The Balaban J connectivity index is 0. The molecule has 6 nitrogen and oxygen atoms in total. The van der Waals surface area contributed by atoms with Gasteiger partial charge in [-0.2, -0.15) is 0 Å². The lowest BCUT2D eigenvalue weighted by Crippen LogP contribution is -2.41. The molecule has 0 unspecified atom stereocenters. The third kappa shape index (κ3) is 9.45. The lowest BCUT2D eigenvalue weighted by molar-refractivity contribution is -0.136. The number of carboxylic acids is 1. The van der Waals surface area contributed by atoms with E-state index in [1.165, 1.54) is 0 Å². The Labute approximate surface area is 94.8 Å². The van der Waals surface area contributed by atoms with Gasteiger partial charge in [0.25, 0.3) is 0 Å². The van der Waals surface area contributed by atoms with Crippen molar-refractivity contribution in [2.24, 2.45) is 11.5 Å². The molecular formula is C8H18ClN3O3. The molecule has 0 aromatic rings. The van der Waals surface area contributed by atoms with Gasteiger partial charge in [-0.15, -0.1) is 12.4 Å². The van der Waals surface area contributed by atoms with Crippen molar-refractivity contribution in [3.05, 3.63) is 0 Å². The highest BCUT2D eigenvalue weighted by Crippen LogP contribution is 1.92. The number of carboxylic acid groups (broad SMARTS) is 1. The Hall–Kier alpha value is -0.850. The zero-order chi connectivity index (χ0) is 11.0. The van der Waals surface area contributed by atoms with E-state index in [-0.39, 0.29) is 31.3 Å². The Morgan fingerprint density at radius 1 is 1.40 bits per heavy atom. The summed E-state index contributed by atoms with van der Waals surface area (Å²) < 4.78 is 0. The molecule has 1 atom stereocenters. The van der Waals surface area contributed by atoms with E-state index in [1.807, 2.05) is 0 Å². The molecule has 0 rings (SSSR count). The number of nitrogens with two attached hydrogens (primary N) is 2. The maximum absolute atomic E-state index is 11.2. The fraction of sp³-hybridized carbons (Fsp3) is 0.750. The van der Waals surface area contributed by atoms with Gasteiger partial charge >= 0.3 is 5.97 Å². The van der Waals surface area contributed by atoms with Crippen LogP contribution in [-0.2, 0) is 9.59 Å². The molecule has 7 heteroatoms. The number of hydrogen-bond acceptors (Lipinski definition) is 4. The van der Waals surface area contributed by atoms with Gasteiger partial charge in [-0.3, -0.25) is 9.59 Å². The topological polar surface area (TPSA) is 118 Å². The summed E-state index contributed by atoms with van der Waals surface area (Å²) in [7, 11) is 0. The van der Waals surface area contributed by atoms with Crippen LogP contribution >= 0.6 is 12.4 Å². The lowest BCUT2D eigenvalue weighted by atomic mass is 10.1. The Morgan fingerprint density at radius 3 is 2.47 bits per heavy atom. The van der Waals surface area contributed by atoms with Gasteiger partial charge in [-0.1, -0.05) is 0 Å². The van der Waals surface area contributed by atoms with Crippen molar-refractivity contribution in [3.63, 3.8) is 0 Å². The zero-order valence-electron chi connectivity index (χ0n) is 8.44. The van der Waals surface area contributed by atoms with Crippen molar-refractivity contribution in [1.29, 1.82) is 0 Å². The molecule has 0 heterocycles. The molecule has 6 N–H and O–H groups in total. The molecule has 0 aliphatic carbocycles. The van der Waals surface area contributed by atoms with E-state index in [1.54, 1.807) is 0 Å². The van der Waals surface area contributed by atoms with Crippen molar-refractivity contribution < 1.29 is 14.7 Å². The van der Waals surface area contributed by atoms with Gasteiger partial charge in [0, 0.05) is 6.54 Å². The number of nitrogens with one attached hydrogen (secondary N) is 1. The molecule has 1 amide bonds. The van der Waals surface area contributed by atoms with Crippen LogP contribution in [-0.4, -0.2) is 36.1 Å². The SMILES string of the molecule is Cl.NCCC[C@H](N)C(=O)NCCC(=O)O. The monoisotopic (exact) mass is 239 g/mol. The van der Waals surface area contributed by atoms with Crippen LogP contribution < -0.4 is 16.8 Å². The molecule has 0 saturated heterocycles. The molecule has 0 aromatic heterocycles. The molecule has 0 fully saturated rings. The average Bonchev–Trinajstić information content (AvgIpc) is 2.13. The highest BCUT2D eigenvalue weighted by molar-refractivity contribution is 5.85. The molecular weight excluding hydrogens is 222 g/mol. The van der Waals surface area contributed by atoms with Crippen LogP contribution in [0.15, 0.2) is 0 Å². The van der Waals surface area contributed by atoms with Crippen LogP contribution in [0.3, 0.4) is 0 Å². The van der Waals surface area contributed by atoms with Crippen LogP contribution in [0.1, 0.15) is 19.3 Å². The molecule has 0 aromatic carbocycles. The van der Waals surface area contributed by atoms with E-state index in [0.29, 0.717) is 19.4 Å². The largest absolute Gasteiger partial charge is 0.481 e. The van der Waals surface area contributed by atoms with E-state index in [9.17, 15) is 9.59 Å². The van der Waals surface area contributed by atoms with Crippen molar-refractivity contribution in [3.8, 4) is 0 Å². The minimum Gasteiger partial charge on any atom is -0.481 e. The number of amides is 1. The highest BCUT2D eigenvalue weighted by Gasteiger charge is 2.11. The summed E-state index contributed by atoms with van der Waals surface area (Å²) >= 11 is 0. The van der Waals surface area contributed by atoms with Gasteiger partial charge < -0.3 is 21.9 Å². The molecule has 0 saturated carbocycles. The Morgan fingerprint density at radius 2 is 2.00 bits per heavy atom. The number of carbonyl (C=O) groups is 2. The van der Waals surface area contributed by atoms with Crippen LogP contribution in [0.25, 0.3) is 0 Å². The number of hydrogen-bond donors (Lipinski definition) is 4. The number of aliphatic carboxylic acids is 1. The molecule has 0 bridgehead atoms. The summed E-state index contributed by atoms with van der Waals surface area (Å²) in [4.78, 5) is 21.3. The van der Waals surface area contributed by atoms with Crippen molar-refractivity contribution in [2.45, 2.75) is 25.3 Å². The molecule has 90 valence electrons. The van der Waals surface area contributed by atoms with E-state index < -0.39 is 12.0 Å². The lowest BCUT2D eigenvalue weighted by Gasteiger charge is -2.10. The second-order valence-corrected chi connectivity index (χ2v) is 2.97. The predicted octanol–water partition coefficient (Wildman–Crippen LogP) is -0.935. The summed E-state index contributed by atoms with van der Waals surface area (Å²) in [5.74, 6) is -1.26. The minimum atomic E-state index is -0.944. The van der Waals surface area contributed by atoms with E-state index in [2.05, 4.69) is 5.32 Å². The van der Waals surface area contributed by atoms with E-state index in [0.717, 1.165) is 0 Å². The summed E-state index contributed by atoms with van der Waals surface area (Å²) in [6, 6.07) is -0.590. The third-order valence-electron chi connectivity index (χ3n) is 1.69. The van der Waals surface area contributed by atoms with Gasteiger partial charge in [0.05, 0.1) is 12.5 Å². The summed E-state index contributed by atoms with van der Waals surface area (Å²) in [5, 5.41) is 10.7. The second kappa shape index (κ2) is 9.70. The molecule has 0 radical (unpaired) electrons. The first kappa shape index (κ1) is 16.6. The molecule has 15 heavy (non-hydrogen) atoms. The number of carbonyl (C=O) groups excluding carboxylic acids is 1. The van der Waals surface area contributed by atoms with Crippen molar-refractivity contribution >= 4 is 24.3 Å². The Bertz CT molecular complexity index is 202. The predicted molar refractivity (Wildman–Crippen MR) is 58.8 cm³/mol. The first-order chi connectivity index (χ1) is 6.57. The smallest absolute Gasteiger partial charge is 0.305 e. The van der Waals surface area contributed by atoms with Gasteiger partial charge in [0.2, 0.25) is 5.91 Å². The second-order valence-electron chi connectivity index (χ2n) is 2.97. The van der Waals surface area contributed by atoms with Gasteiger partial charge in [0.15, 0.2) is 0 Å². The van der Waals surface area contributed by atoms with Crippen LogP contribution in [0, 0.1) is 0 Å². The van der Waals surface area contributed by atoms with Gasteiger partial charge in [-0.25, -0.2) is 0 Å². The average molecular weight is 240 g/mol. The molecule has 0 aliphatic heterocycles. The standard InChI is InChI=1S/C8H17N3O3.ClH/c9-4-1-2-6(10)8(14)11-5-3-7(12)13;/h6H,1-5,9-10H2,(H,11,14)(H,12,13);1H/t6-;/m0./s1. The maximum Gasteiger partial charge on any atom is 0.305 e. The first-order valence-corrected chi connectivity index (χ1v) is 4.53. The van der Waals surface area contributed by atoms with Crippen molar-refractivity contribution in [2.75, 3.05) is 13.1 Å². The summed E-state index contributed by atoms with van der Waals surface area (Å²) in [5.41, 5.74) is 10.8. The quantitative estimate of drug-likeness (QED) is 0.458. The zero-order valence-corrected chi connectivity index (χ0v) is 9.26. The third-order valence-corrected chi connectivity index (χ3v) is 1.69. The minimum absolute atomic E-state index is 0. The molecule has 0 aliphatic rings. The summed E-state index contributed by atoms with van der Waals surface area (Å²) in [6.07, 6.45) is 1.12. The normalized spacial score (nSPS) is 11.3. The number of rotatable bonds is 7. The first-order valence-electron chi connectivity index (χ1n) is 4.53. The van der Waals surface area contributed by atoms with E-state index in [4.69, 9.17) is 16.6 Å². The van der Waals surface area contributed by atoms with Gasteiger partial charge in [0.1, 0.15) is 0 Å². The summed E-state index contributed by atoms with van der Waals surface area (Å²) in [6.45, 7) is 0.612. The fourth-order valence-corrected chi connectivity index (χ4v) is 0.893. The molecule has 0 spiro atoms. The van der Waals surface area contributed by atoms with Crippen LogP contribution in [0.4, 0.5) is 0 Å². The maximum atomic E-state index is 11.2. The Kier molecular flexibility index (Phi) is 10.7. The van der Waals surface area contributed by atoms with E-state index >= 15 is 0 Å². The van der Waals surface area contributed by atoms with Crippen LogP contribution in [0.5, 0.6) is 0 Å². The van der Waals surface area contributed by atoms with Gasteiger partial charge in [-0.05, 0) is 19.4 Å². The van der Waals surface area contributed by atoms with Crippen LogP contribution in [0.2, 0.25) is 0 Å². The number of halogens is 1. The van der Waals surface area contributed by atoms with Crippen molar-refractivity contribution in [1.82, 2.24) is 5.32 Å². The highest BCUT2D eigenvalue weighted by atomic mass is 35.5. The fourth-order valence-electron chi connectivity index (χ4n) is 0.893.